The molecule has 12 N–H and O–H groups in total. The molecule has 0 aliphatic carbocycles. The van der Waals surface area contributed by atoms with Crippen LogP contribution in [0.4, 0.5) is 11.9 Å². The van der Waals surface area contributed by atoms with Crippen LogP contribution in [0.1, 0.15) is 12.5 Å². The van der Waals surface area contributed by atoms with Crippen molar-refractivity contribution in [1.82, 2.24) is 39.0 Å². The summed E-state index contributed by atoms with van der Waals surface area (Å²) in [6.07, 6.45) is -7.47. The smallest absolute Gasteiger partial charge is 0.472 e. The van der Waals surface area contributed by atoms with Gasteiger partial charge in [-0.3, -0.25) is 56.2 Å². The molecule has 66 heavy (non-hydrogen) atoms. The first-order valence-electron chi connectivity index (χ1n) is 19.3. The van der Waals surface area contributed by atoms with Crippen LogP contribution in [0, 0.1) is 0 Å². The summed E-state index contributed by atoms with van der Waals surface area (Å²) in [4.78, 5) is 83.6. The number of nitrogen functional groups attached to an aromatic ring is 2. The van der Waals surface area contributed by atoms with E-state index < -0.39 is 104 Å². The average Bonchev–Trinajstić information content (AvgIpc) is 3.90. The molecule has 2 saturated heterocycles. The summed E-state index contributed by atoms with van der Waals surface area (Å²) in [5.74, 6) is 0.0950. The largest absolute Gasteiger partial charge is 0.490 e. The second-order valence-corrected chi connectivity index (χ2v) is 19.3. The Labute approximate surface area is 374 Å². The van der Waals surface area contributed by atoms with Crippen molar-refractivity contribution in [1.29, 1.82) is 0 Å². The molecule has 362 valence electrons. The number of aromatic nitrogens is 8. The first-order valence-corrected chi connectivity index (χ1v) is 24.2. The highest BCUT2D eigenvalue weighted by Crippen LogP contribution is 2.48. The Morgan fingerprint density at radius 3 is 2.24 bits per heavy atom. The Kier molecular flexibility index (Phi) is 15.1. The van der Waals surface area contributed by atoms with E-state index in [2.05, 4.69) is 29.4 Å². The molecule has 34 heteroatoms. The van der Waals surface area contributed by atoms with Gasteiger partial charge < -0.3 is 55.5 Å². The SMILES string of the molecule is CN1C[C@@H](COP(=O)(O)OCC(COP(=O)(O)OC[C@H]2O[C@@H](n3cnc4c(=O)[nH]c(N)nc43)[C@H](O)[C@@H]2O)OP(=O)(O)O)O[C@@H]([n+]2cn(CCOc3ccc(Cl)cc3)c3c(=O)[nH]c(N)nc32)C1. The van der Waals surface area contributed by atoms with E-state index in [1.165, 1.54) is 0 Å². The van der Waals surface area contributed by atoms with Gasteiger partial charge in [0.1, 0.15) is 43.3 Å². The maximum absolute atomic E-state index is 13.1. The second-order valence-electron chi connectivity index (χ2n) is 14.7. The molecule has 3 unspecified atom stereocenters. The standard InChI is InChI=1S/C32H43ClN11O19P3/c1-41-8-18(61-21(9-41)44-15-42(23-27(44)38-32(35)40-29(23)48)6-7-56-17-4-2-16(33)3-5-17)10-57-65(52,53)58-11-19(63-64(49,50)51)12-59-66(54,55)60-13-20-24(45)25(46)30(62-20)43-14-36-22-26(43)37-31(34)39-28(22)47/h2-5,14-15,18-21,24-25,30,45-46H,6-13H2,1H3,(H9-,34,35,37,38,39,40,47,48,49,50,51,52,53,54,55)/p+1/t18-,19?,20+,21+,24+,25+,30+/m0/s1. The molecule has 0 spiro atoms. The van der Waals surface area contributed by atoms with Gasteiger partial charge in [0.25, 0.3) is 17.1 Å². The number of aliphatic hydroxyl groups excluding tert-OH is 2. The van der Waals surface area contributed by atoms with E-state index in [0.717, 1.165) is 10.9 Å². The van der Waals surface area contributed by atoms with Crippen molar-refractivity contribution >= 4 is 69.3 Å². The minimum Gasteiger partial charge on any atom is -0.490 e. The van der Waals surface area contributed by atoms with Crippen LogP contribution < -0.4 is 31.9 Å². The topological polar surface area (TPSA) is 420 Å². The first kappa shape index (κ1) is 49.6. The number of halogens is 1. The molecule has 4 aromatic heterocycles. The number of hydrogen-bond donors (Lipinski definition) is 10. The van der Waals surface area contributed by atoms with Gasteiger partial charge >= 0.3 is 29.1 Å². The average molecular weight is 1020 g/mol. The number of likely N-dealkylation sites (N-methyl/N-ethyl adjacent to an activating group) is 1. The van der Waals surface area contributed by atoms with Gasteiger partial charge in [0, 0.05) is 11.6 Å². The summed E-state index contributed by atoms with van der Waals surface area (Å²) in [7, 11) is -14.0. The van der Waals surface area contributed by atoms with Gasteiger partial charge in [-0.25, -0.2) is 23.2 Å². The van der Waals surface area contributed by atoms with Crippen LogP contribution >= 0.6 is 35.1 Å². The number of fused-ring (bicyclic) bond motifs is 2. The van der Waals surface area contributed by atoms with Crippen molar-refractivity contribution in [3.05, 3.63) is 62.7 Å². The lowest BCUT2D eigenvalue weighted by Gasteiger charge is -2.34. The number of imidazole rings is 2. The van der Waals surface area contributed by atoms with Crippen LogP contribution in [0.3, 0.4) is 0 Å². The van der Waals surface area contributed by atoms with E-state index in [-0.39, 0.29) is 60.5 Å². The number of phosphoric acid groups is 3. The Morgan fingerprint density at radius 1 is 0.909 bits per heavy atom. The van der Waals surface area contributed by atoms with Crippen LogP contribution in [0.2, 0.25) is 5.02 Å². The highest BCUT2D eigenvalue weighted by molar-refractivity contribution is 7.47. The van der Waals surface area contributed by atoms with E-state index in [1.54, 1.807) is 51.7 Å². The van der Waals surface area contributed by atoms with Gasteiger partial charge in [-0.1, -0.05) is 16.6 Å². The van der Waals surface area contributed by atoms with E-state index in [9.17, 15) is 53.1 Å². The Bertz CT molecular complexity index is 2790. The van der Waals surface area contributed by atoms with Crippen molar-refractivity contribution < 1.29 is 84.9 Å². The predicted molar refractivity (Wildman–Crippen MR) is 222 cm³/mol. The quantitative estimate of drug-likeness (QED) is 0.0305. The van der Waals surface area contributed by atoms with E-state index in [0.29, 0.717) is 10.8 Å². The number of H-pyrrole nitrogens is 2. The van der Waals surface area contributed by atoms with Crippen LogP contribution in [0.25, 0.3) is 22.3 Å². The third-order valence-electron chi connectivity index (χ3n) is 9.77. The zero-order chi connectivity index (χ0) is 47.7. The van der Waals surface area contributed by atoms with Crippen molar-refractivity contribution in [2.24, 2.45) is 0 Å². The molecular weight excluding hydrogens is 971 g/mol. The minimum atomic E-state index is -5.40. The number of ether oxygens (including phenoxy) is 3. The summed E-state index contributed by atoms with van der Waals surface area (Å²) in [6, 6.07) is 6.70. The fourth-order valence-corrected chi connectivity index (χ4v) is 9.08. The number of nitrogens with zero attached hydrogens (tertiary/aromatic N) is 7. The van der Waals surface area contributed by atoms with Crippen molar-refractivity contribution in [3.63, 3.8) is 0 Å². The molecule has 30 nitrogen and oxygen atoms in total. The Hall–Kier alpha value is -4.26. The molecule has 0 radical (unpaired) electrons. The van der Waals surface area contributed by atoms with Crippen molar-refractivity contribution in [2.45, 2.75) is 49.5 Å². The van der Waals surface area contributed by atoms with Gasteiger partial charge in [0.05, 0.1) is 45.4 Å². The molecule has 2 aliphatic rings. The lowest BCUT2D eigenvalue weighted by Crippen LogP contribution is -2.54. The molecule has 0 saturated carbocycles. The van der Waals surface area contributed by atoms with Crippen molar-refractivity contribution in [2.75, 3.05) is 64.6 Å². The Balaban J connectivity index is 0.931. The van der Waals surface area contributed by atoms with Crippen molar-refractivity contribution in [3.8, 4) is 5.75 Å². The number of phosphoric ester groups is 3. The number of nitrogens with one attached hydrogen (secondary N) is 2. The summed E-state index contributed by atoms with van der Waals surface area (Å²) < 4.78 is 83.6. The highest BCUT2D eigenvalue weighted by atomic mass is 35.5. The number of aliphatic hydroxyl groups is 2. The van der Waals surface area contributed by atoms with Gasteiger partial charge in [0.2, 0.25) is 11.5 Å². The lowest BCUT2D eigenvalue weighted by molar-refractivity contribution is -0.747. The van der Waals surface area contributed by atoms with Gasteiger partial charge in [0.15, 0.2) is 29.9 Å². The van der Waals surface area contributed by atoms with Crippen LogP contribution in [0.5, 0.6) is 5.75 Å². The van der Waals surface area contributed by atoms with Gasteiger partial charge in [-0.2, -0.15) is 4.98 Å². The third-order valence-corrected chi connectivity index (χ3v) is 12.5. The molecule has 2 aliphatic heterocycles. The van der Waals surface area contributed by atoms with E-state index in [4.69, 9.17) is 55.4 Å². The van der Waals surface area contributed by atoms with E-state index in [1.807, 2.05) is 0 Å². The van der Waals surface area contributed by atoms with Crippen LogP contribution in [-0.4, -0.2) is 152 Å². The normalized spacial score (nSPS) is 24.1. The molecule has 1 aromatic carbocycles. The molecule has 0 bridgehead atoms. The predicted octanol–water partition coefficient (Wildman–Crippen LogP) is -1.76. The molecule has 7 rings (SSSR count). The third kappa shape index (κ3) is 12.2. The van der Waals surface area contributed by atoms with E-state index >= 15 is 0 Å². The van der Waals surface area contributed by atoms with Crippen LogP contribution in [0.15, 0.2) is 46.5 Å². The van der Waals surface area contributed by atoms with Gasteiger partial charge in [-0.05, 0) is 31.3 Å². The zero-order valence-electron chi connectivity index (χ0n) is 34.2. The highest BCUT2D eigenvalue weighted by Gasteiger charge is 2.46. The fourth-order valence-electron chi connectivity index (χ4n) is 6.89. The number of anilines is 2. The summed E-state index contributed by atoms with van der Waals surface area (Å²) in [6.45, 7) is -3.07. The summed E-state index contributed by atoms with van der Waals surface area (Å²) >= 11 is 5.95. The summed E-state index contributed by atoms with van der Waals surface area (Å²) in [5, 5.41) is 21.8. The minimum absolute atomic E-state index is 0.113. The number of rotatable bonds is 20. The molecule has 5 aromatic rings. The molecule has 0 amide bonds. The summed E-state index contributed by atoms with van der Waals surface area (Å²) in [5.41, 5.74) is 10.3. The first-order chi connectivity index (χ1) is 31.0. The molecule has 9 atom stereocenters. The second kappa shape index (κ2) is 20.1. The molecule has 2 fully saturated rings. The number of aromatic amines is 2. The maximum atomic E-state index is 13.1. The number of benzene rings is 1. The molecule has 6 heterocycles. The fraction of sp³-hybridized carbons (Fsp3) is 0.500. The Morgan fingerprint density at radius 2 is 1.56 bits per heavy atom. The molecular formula is C32H44ClN11O19P3+. The maximum Gasteiger partial charge on any atom is 0.472 e. The van der Waals surface area contributed by atoms with Gasteiger partial charge in [-0.15, -0.1) is 0 Å². The monoisotopic (exact) mass is 1010 g/mol. The zero-order valence-corrected chi connectivity index (χ0v) is 37.6. The number of hydrogen-bond acceptors (Lipinski definition) is 21. The number of nitrogens with two attached hydrogens (primary N) is 2. The number of morpholine rings is 1. The lowest BCUT2D eigenvalue weighted by atomic mass is 10.1. The van der Waals surface area contributed by atoms with Crippen LogP contribution in [-0.2, 0) is 52.3 Å².